The number of aromatic nitrogens is 1. The van der Waals surface area contributed by atoms with Crippen molar-refractivity contribution in [3.05, 3.63) is 82.6 Å². The van der Waals surface area contributed by atoms with Crippen LogP contribution in [0.3, 0.4) is 0 Å². The van der Waals surface area contributed by atoms with Crippen molar-refractivity contribution in [2.45, 2.75) is 6.18 Å². The molecule has 11 heteroatoms. The van der Waals surface area contributed by atoms with Crippen molar-refractivity contribution in [2.75, 3.05) is 23.8 Å². The summed E-state index contributed by atoms with van der Waals surface area (Å²) in [5.41, 5.74) is -0.727. The molecule has 1 aliphatic rings. The van der Waals surface area contributed by atoms with Gasteiger partial charge in [0, 0.05) is 17.6 Å². The summed E-state index contributed by atoms with van der Waals surface area (Å²) in [7, 11) is 0. The highest BCUT2D eigenvalue weighted by Gasteiger charge is 2.30. The van der Waals surface area contributed by atoms with Crippen LogP contribution in [0.15, 0.2) is 66.4 Å². The van der Waals surface area contributed by atoms with E-state index in [-0.39, 0.29) is 22.1 Å². The summed E-state index contributed by atoms with van der Waals surface area (Å²) < 4.78 is 50.2. The number of nitrogens with zero attached hydrogens (tertiary/aromatic N) is 1. The molecule has 0 aliphatic carbocycles. The van der Waals surface area contributed by atoms with E-state index in [0.717, 1.165) is 18.2 Å². The zero-order valence-corrected chi connectivity index (χ0v) is 18.6. The van der Waals surface area contributed by atoms with Crippen LogP contribution in [0.1, 0.15) is 11.1 Å². The van der Waals surface area contributed by atoms with Crippen molar-refractivity contribution in [2.24, 2.45) is 0 Å². The molecule has 1 aromatic heterocycles. The lowest BCUT2D eigenvalue weighted by atomic mass is 10.1. The molecule has 0 unspecified atom stereocenters. The number of pyridine rings is 1. The first-order valence-electron chi connectivity index (χ1n) is 10.2. The molecule has 3 aromatic rings. The molecule has 0 fully saturated rings. The molecule has 2 heterocycles. The first kappa shape index (κ1) is 24.1. The molecule has 2 amide bonds. The molecule has 2 N–H and O–H groups in total. The number of fused-ring (bicyclic) bond motifs is 1. The fourth-order valence-electron chi connectivity index (χ4n) is 3.20. The van der Waals surface area contributed by atoms with Crippen LogP contribution >= 0.6 is 11.6 Å². The Labute approximate surface area is 202 Å². The van der Waals surface area contributed by atoms with Crippen molar-refractivity contribution >= 4 is 40.9 Å². The van der Waals surface area contributed by atoms with Crippen molar-refractivity contribution in [1.29, 1.82) is 0 Å². The van der Waals surface area contributed by atoms with Crippen LogP contribution in [-0.4, -0.2) is 30.0 Å². The average Bonchev–Trinajstić information content (AvgIpc) is 2.82. The van der Waals surface area contributed by atoms with Crippen molar-refractivity contribution in [3.8, 4) is 11.5 Å². The summed E-state index contributed by atoms with van der Waals surface area (Å²) in [5.74, 6) is -0.785. The minimum atomic E-state index is -4.59. The Hall–Kier alpha value is -4.05. The summed E-state index contributed by atoms with van der Waals surface area (Å²) >= 11 is 5.85. The average molecular weight is 504 g/mol. The largest absolute Gasteiger partial charge is 0.486 e. The Bertz CT molecular complexity index is 1310. The molecule has 0 atom stereocenters. The monoisotopic (exact) mass is 503 g/mol. The zero-order valence-electron chi connectivity index (χ0n) is 17.9. The molecule has 2 aromatic carbocycles. The summed E-state index contributed by atoms with van der Waals surface area (Å²) in [4.78, 5) is 29.9. The van der Waals surface area contributed by atoms with E-state index in [1.165, 1.54) is 30.5 Å². The SMILES string of the molecule is O=C(Nc1cccc(C(F)(F)F)c1)C(=Cc1ccc2c(c1)OCCO2)C(=O)Nc1ccnc(Cl)c1. The van der Waals surface area contributed by atoms with Gasteiger partial charge in [-0.05, 0) is 54.1 Å². The highest BCUT2D eigenvalue weighted by molar-refractivity contribution is 6.30. The van der Waals surface area contributed by atoms with Crippen LogP contribution in [0, 0.1) is 0 Å². The molecule has 0 spiro atoms. The maximum atomic E-state index is 13.1. The standard InChI is InChI=1S/C24H17ClF3N3O4/c25-21-13-17(6-7-29-21)31-23(33)18(10-14-4-5-19-20(11-14)35-9-8-34-19)22(32)30-16-3-1-2-15(12-16)24(26,27)28/h1-7,10-13H,8-9H2,(H,30,32)(H,29,31,33). The van der Waals surface area contributed by atoms with Gasteiger partial charge in [0.15, 0.2) is 11.5 Å². The minimum absolute atomic E-state index is 0.119. The summed E-state index contributed by atoms with van der Waals surface area (Å²) in [5, 5.41) is 5.01. The number of nitrogens with one attached hydrogen (secondary N) is 2. The molecule has 4 rings (SSSR count). The van der Waals surface area contributed by atoms with Crippen LogP contribution in [-0.2, 0) is 15.8 Å². The second-order valence-electron chi connectivity index (χ2n) is 7.32. The van der Waals surface area contributed by atoms with Crippen molar-refractivity contribution in [1.82, 2.24) is 4.98 Å². The normalized spacial score (nSPS) is 13.2. The van der Waals surface area contributed by atoms with E-state index < -0.39 is 23.6 Å². The lowest BCUT2D eigenvalue weighted by Gasteiger charge is -2.18. The molecule has 180 valence electrons. The molecule has 7 nitrogen and oxygen atoms in total. The third kappa shape index (κ3) is 6.10. The lowest BCUT2D eigenvalue weighted by Crippen LogP contribution is -2.25. The summed E-state index contributed by atoms with van der Waals surface area (Å²) in [6.07, 6.45) is -1.94. The van der Waals surface area contributed by atoms with Gasteiger partial charge in [0.05, 0.1) is 5.56 Å². The zero-order chi connectivity index (χ0) is 25.0. The number of ether oxygens (including phenoxy) is 2. The predicted octanol–water partition coefficient (Wildman–Crippen LogP) is 5.19. The number of halogens is 4. The molecule has 1 aliphatic heterocycles. The van der Waals surface area contributed by atoms with Gasteiger partial charge in [0.1, 0.15) is 23.9 Å². The Morgan fingerprint density at radius 3 is 2.29 bits per heavy atom. The highest BCUT2D eigenvalue weighted by Crippen LogP contribution is 2.32. The van der Waals surface area contributed by atoms with E-state index in [0.29, 0.717) is 30.3 Å². The number of alkyl halides is 3. The first-order valence-corrected chi connectivity index (χ1v) is 10.6. The molecule has 0 radical (unpaired) electrons. The lowest BCUT2D eigenvalue weighted by molar-refractivity contribution is -0.137. The molecule has 0 saturated carbocycles. The summed E-state index contributed by atoms with van der Waals surface area (Å²) in [6, 6.07) is 11.8. The Morgan fingerprint density at radius 1 is 0.914 bits per heavy atom. The van der Waals surface area contributed by atoms with Gasteiger partial charge in [0.2, 0.25) is 0 Å². The van der Waals surface area contributed by atoms with Gasteiger partial charge in [0.25, 0.3) is 11.8 Å². The Kier molecular flexibility index (Phi) is 6.92. The first-order chi connectivity index (χ1) is 16.7. The fraction of sp³-hybridized carbons (Fsp3) is 0.125. The Balaban J connectivity index is 1.66. The molecular formula is C24H17ClF3N3O4. The fourth-order valence-corrected chi connectivity index (χ4v) is 3.37. The quantitative estimate of drug-likeness (QED) is 0.216. The van der Waals surface area contributed by atoms with Gasteiger partial charge in [-0.3, -0.25) is 9.59 Å². The van der Waals surface area contributed by atoms with Crippen molar-refractivity contribution in [3.63, 3.8) is 0 Å². The van der Waals surface area contributed by atoms with E-state index in [9.17, 15) is 22.8 Å². The van der Waals surface area contributed by atoms with Crippen LogP contribution in [0.2, 0.25) is 5.15 Å². The molecule has 0 saturated heterocycles. The van der Waals surface area contributed by atoms with Crippen LogP contribution < -0.4 is 20.1 Å². The van der Waals surface area contributed by atoms with Gasteiger partial charge in [-0.25, -0.2) is 4.98 Å². The van der Waals surface area contributed by atoms with E-state index >= 15 is 0 Å². The van der Waals surface area contributed by atoms with E-state index in [1.54, 1.807) is 18.2 Å². The molecule has 35 heavy (non-hydrogen) atoms. The van der Waals surface area contributed by atoms with Gasteiger partial charge < -0.3 is 20.1 Å². The van der Waals surface area contributed by atoms with Gasteiger partial charge in [-0.2, -0.15) is 13.2 Å². The van der Waals surface area contributed by atoms with Crippen LogP contribution in [0.5, 0.6) is 11.5 Å². The minimum Gasteiger partial charge on any atom is -0.486 e. The predicted molar refractivity (Wildman–Crippen MR) is 123 cm³/mol. The third-order valence-electron chi connectivity index (χ3n) is 4.80. The van der Waals surface area contributed by atoms with Crippen LogP contribution in [0.4, 0.5) is 24.5 Å². The number of carbonyl (C=O) groups excluding carboxylic acids is 2. The van der Waals surface area contributed by atoms with Crippen molar-refractivity contribution < 1.29 is 32.2 Å². The number of benzene rings is 2. The van der Waals surface area contributed by atoms with Gasteiger partial charge >= 0.3 is 6.18 Å². The summed E-state index contributed by atoms with van der Waals surface area (Å²) in [6.45, 7) is 0.732. The van der Waals surface area contributed by atoms with E-state index in [2.05, 4.69) is 15.6 Å². The van der Waals surface area contributed by atoms with E-state index in [1.807, 2.05) is 0 Å². The van der Waals surface area contributed by atoms with Crippen LogP contribution in [0.25, 0.3) is 6.08 Å². The second kappa shape index (κ2) is 10.1. The number of hydrogen-bond acceptors (Lipinski definition) is 5. The van der Waals surface area contributed by atoms with E-state index in [4.69, 9.17) is 21.1 Å². The molecule has 0 bridgehead atoms. The van der Waals surface area contributed by atoms with Gasteiger partial charge in [-0.15, -0.1) is 0 Å². The number of hydrogen-bond donors (Lipinski definition) is 2. The number of anilines is 2. The Morgan fingerprint density at radius 2 is 1.60 bits per heavy atom. The topological polar surface area (TPSA) is 89.5 Å². The smallest absolute Gasteiger partial charge is 0.416 e. The maximum Gasteiger partial charge on any atom is 0.416 e. The maximum absolute atomic E-state index is 13.1. The number of carbonyl (C=O) groups is 2. The third-order valence-corrected chi connectivity index (χ3v) is 5.01. The second-order valence-corrected chi connectivity index (χ2v) is 7.70. The molecular weight excluding hydrogens is 487 g/mol. The van der Waals surface area contributed by atoms with Gasteiger partial charge in [-0.1, -0.05) is 23.7 Å². The number of rotatable bonds is 5. The number of amides is 2. The highest BCUT2D eigenvalue weighted by atomic mass is 35.5.